The van der Waals surface area contributed by atoms with Crippen molar-refractivity contribution in [2.24, 2.45) is 11.7 Å². The van der Waals surface area contributed by atoms with E-state index in [9.17, 15) is 0 Å². The minimum Gasteiger partial charge on any atom is -0.396 e. The van der Waals surface area contributed by atoms with Gasteiger partial charge in [-0.2, -0.15) is 0 Å². The average molecular weight is 200 g/mol. The number of rotatable bonds is 6. The van der Waals surface area contributed by atoms with Crippen molar-refractivity contribution in [1.82, 2.24) is 5.32 Å². The van der Waals surface area contributed by atoms with Crippen LogP contribution in [0.1, 0.15) is 38.5 Å². The van der Waals surface area contributed by atoms with Crippen molar-refractivity contribution in [2.45, 2.75) is 44.6 Å². The first-order valence-corrected chi connectivity index (χ1v) is 5.92. The normalized spacial score (nSPS) is 21.0. The first-order valence-electron chi connectivity index (χ1n) is 5.92. The Hall–Kier alpha value is -0.120. The monoisotopic (exact) mass is 200 g/mol. The molecule has 1 rings (SSSR count). The van der Waals surface area contributed by atoms with Crippen LogP contribution >= 0.6 is 0 Å². The molecular weight excluding hydrogens is 176 g/mol. The fraction of sp³-hybridized carbons (Fsp3) is 1.00. The Labute approximate surface area is 87.1 Å². The van der Waals surface area contributed by atoms with Gasteiger partial charge in [-0.15, -0.1) is 0 Å². The fourth-order valence-corrected chi connectivity index (χ4v) is 2.35. The van der Waals surface area contributed by atoms with Gasteiger partial charge in [0.05, 0.1) is 0 Å². The molecule has 0 spiro atoms. The molecule has 0 aromatic heterocycles. The molecule has 1 fully saturated rings. The lowest BCUT2D eigenvalue weighted by atomic mass is 9.84. The van der Waals surface area contributed by atoms with Gasteiger partial charge in [-0.05, 0) is 31.7 Å². The van der Waals surface area contributed by atoms with Crippen molar-refractivity contribution < 1.29 is 5.11 Å². The van der Waals surface area contributed by atoms with Gasteiger partial charge in [0.15, 0.2) is 0 Å². The molecule has 0 bridgehead atoms. The van der Waals surface area contributed by atoms with Gasteiger partial charge >= 0.3 is 0 Å². The van der Waals surface area contributed by atoms with Crippen LogP contribution in [-0.4, -0.2) is 30.8 Å². The topological polar surface area (TPSA) is 58.3 Å². The van der Waals surface area contributed by atoms with Crippen molar-refractivity contribution in [3.8, 4) is 0 Å². The van der Waals surface area contributed by atoms with Crippen LogP contribution in [0.2, 0.25) is 0 Å². The molecule has 1 aliphatic carbocycles. The minimum absolute atomic E-state index is 0.273. The molecule has 1 unspecified atom stereocenters. The van der Waals surface area contributed by atoms with Crippen molar-refractivity contribution in [1.29, 1.82) is 0 Å². The summed E-state index contributed by atoms with van der Waals surface area (Å²) in [6.45, 7) is 1.90. The van der Waals surface area contributed by atoms with E-state index in [0.29, 0.717) is 6.04 Å². The Morgan fingerprint density at radius 2 is 2.00 bits per heavy atom. The molecule has 0 amide bonds. The van der Waals surface area contributed by atoms with E-state index in [-0.39, 0.29) is 6.61 Å². The lowest BCUT2D eigenvalue weighted by Crippen LogP contribution is -2.43. The van der Waals surface area contributed by atoms with E-state index < -0.39 is 0 Å². The zero-order valence-electron chi connectivity index (χ0n) is 9.04. The molecule has 1 atom stereocenters. The Balaban J connectivity index is 2.21. The van der Waals surface area contributed by atoms with Gasteiger partial charge < -0.3 is 16.2 Å². The first kappa shape index (κ1) is 12.0. The third-order valence-corrected chi connectivity index (χ3v) is 3.21. The molecule has 14 heavy (non-hydrogen) atoms. The second-order valence-corrected chi connectivity index (χ2v) is 4.27. The van der Waals surface area contributed by atoms with Gasteiger partial charge in [-0.25, -0.2) is 0 Å². The second kappa shape index (κ2) is 7.21. The largest absolute Gasteiger partial charge is 0.396 e. The quantitative estimate of drug-likeness (QED) is 0.558. The Morgan fingerprint density at radius 1 is 1.29 bits per heavy atom. The number of nitrogens with two attached hydrogens (primary N) is 1. The summed E-state index contributed by atoms with van der Waals surface area (Å²) in [6, 6.07) is 0.474. The molecule has 84 valence electrons. The maximum Gasteiger partial charge on any atom is 0.0443 e. The summed E-state index contributed by atoms with van der Waals surface area (Å²) in [5.74, 6) is 0.771. The molecule has 3 nitrogen and oxygen atoms in total. The number of nitrogens with one attached hydrogen (secondary N) is 1. The molecule has 1 aliphatic rings. The molecule has 0 aromatic carbocycles. The molecular formula is C11H24N2O. The number of hydrogen-bond acceptors (Lipinski definition) is 3. The SMILES string of the molecule is NCC(NCCCO)C1CCCCC1. The van der Waals surface area contributed by atoms with E-state index in [1.807, 2.05) is 0 Å². The van der Waals surface area contributed by atoms with Crippen LogP contribution in [0.4, 0.5) is 0 Å². The highest BCUT2D eigenvalue weighted by Gasteiger charge is 2.21. The summed E-state index contributed by atoms with van der Waals surface area (Å²) in [5, 5.41) is 12.1. The highest BCUT2D eigenvalue weighted by molar-refractivity contribution is 4.79. The first-order chi connectivity index (χ1) is 6.88. The van der Waals surface area contributed by atoms with E-state index in [2.05, 4.69) is 5.32 Å². The standard InChI is InChI=1S/C11H24N2O/c12-9-11(13-7-4-8-14)10-5-2-1-3-6-10/h10-11,13-14H,1-9,12H2. The summed E-state index contributed by atoms with van der Waals surface area (Å²) >= 11 is 0. The highest BCUT2D eigenvalue weighted by atomic mass is 16.3. The number of hydrogen-bond donors (Lipinski definition) is 3. The molecule has 0 aromatic rings. The summed E-state index contributed by atoms with van der Waals surface area (Å²) in [7, 11) is 0. The van der Waals surface area contributed by atoms with E-state index >= 15 is 0 Å². The summed E-state index contributed by atoms with van der Waals surface area (Å²) < 4.78 is 0. The predicted octanol–water partition coefficient (Wildman–Crippen LogP) is 0.866. The van der Waals surface area contributed by atoms with E-state index in [4.69, 9.17) is 10.8 Å². The van der Waals surface area contributed by atoms with Crippen LogP contribution in [0.3, 0.4) is 0 Å². The van der Waals surface area contributed by atoms with Crippen LogP contribution in [0.15, 0.2) is 0 Å². The van der Waals surface area contributed by atoms with Gasteiger partial charge in [0.2, 0.25) is 0 Å². The summed E-state index contributed by atoms with van der Waals surface area (Å²) in [6.07, 6.45) is 7.61. The molecule has 0 radical (unpaired) electrons. The molecule has 0 saturated heterocycles. The van der Waals surface area contributed by atoms with Crippen LogP contribution in [0.25, 0.3) is 0 Å². The van der Waals surface area contributed by atoms with Gasteiger partial charge in [-0.1, -0.05) is 19.3 Å². The van der Waals surface area contributed by atoms with Gasteiger partial charge in [-0.3, -0.25) is 0 Å². The highest BCUT2D eigenvalue weighted by Crippen LogP contribution is 2.26. The third-order valence-electron chi connectivity index (χ3n) is 3.21. The van der Waals surface area contributed by atoms with Crippen molar-refractivity contribution in [3.05, 3.63) is 0 Å². The second-order valence-electron chi connectivity index (χ2n) is 4.27. The molecule has 4 N–H and O–H groups in total. The lowest BCUT2D eigenvalue weighted by Gasteiger charge is -2.30. The van der Waals surface area contributed by atoms with Crippen LogP contribution < -0.4 is 11.1 Å². The molecule has 1 saturated carbocycles. The maximum absolute atomic E-state index is 8.69. The van der Waals surface area contributed by atoms with E-state index in [0.717, 1.165) is 25.4 Å². The molecule has 0 heterocycles. The van der Waals surface area contributed by atoms with Crippen molar-refractivity contribution in [3.63, 3.8) is 0 Å². The molecule has 0 aliphatic heterocycles. The van der Waals surface area contributed by atoms with Crippen LogP contribution in [-0.2, 0) is 0 Å². The number of aliphatic hydroxyl groups excluding tert-OH is 1. The summed E-state index contributed by atoms with van der Waals surface area (Å²) in [5.41, 5.74) is 5.76. The maximum atomic E-state index is 8.69. The van der Waals surface area contributed by atoms with Crippen LogP contribution in [0.5, 0.6) is 0 Å². The Morgan fingerprint density at radius 3 is 2.57 bits per heavy atom. The van der Waals surface area contributed by atoms with Crippen LogP contribution in [0, 0.1) is 5.92 Å². The zero-order chi connectivity index (χ0) is 10.2. The van der Waals surface area contributed by atoms with Crippen molar-refractivity contribution >= 4 is 0 Å². The van der Waals surface area contributed by atoms with Gasteiger partial charge in [0.25, 0.3) is 0 Å². The van der Waals surface area contributed by atoms with Crippen molar-refractivity contribution in [2.75, 3.05) is 19.7 Å². The Bertz CT molecular complexity index is 135. The Kier molecular flexibility index (Phi) is 6.15. The fourth-order valence-electron chi connectivity index (χ4n) is 2.35. The van der Waals surface area contributed by atoms with E-state index in [1.165, 1.54) is 32.1 Å². The molecule has 3 heteroatoms. The van der Waals surface area contributed by atoms with Gasteiger partial charge in [0.1, 0.15) is 0 Å². The average Bonchev–Trinajstić information content (AvgIpc) is 2.26. The summed E-state index contributed by atoms with van der Waals surface area (Å²) in [4.78, 5) is 0. The third kappa shape index (κ3) is 3.95. The smallest absolute Gasteiger partial charge is 0.0443 e. The lowest BCUT2D eigenvalue weighted by molar-refractivity contribution is 0.253. The minimum atomic E-state index is 0.273. The van der Waals surface area contributed by atoms with Gasteiger partial charge in [0, 0.05) is 19.2 Å². The van der Waals surface area contributed by atoms with E-state index in [1.54, 1.807) is 0 Å². The predicted molar refractivity (Wildman–Crippen MR) is 59.1 cm³/mol. The zero-order valence-corrected chi connectivity index (χ0v) is 9.04. The number of aliphatic hydroxyl groups is 1.